The number of rotatable bonds is 3. The van der Waals surface area contributed by atoms with E-state index < -0.39 is 0 Å². The summed E-state index contributed by atoms with van der Waals surface area (Å²) >= 11 is 0. The highest BCUT2D eigenvalue weighted by Crippen LogP contribution is 2.52. The fraction of sp³-hybridized carbons (Fsp3) is 0.236. The quantitative estimate of drug-likeness (QED) is 0.163. The molecule has 0 saturated carbocycles. The first kappa shape index (κ1) is 36.5. The van der Waals surface area contributed by atoms with Gasteiger partial charge in [0.15, 0.2) is 0 Å². The van der Waals surface area contributed by atoms with E-state index in [1.165, 1.54) is 105 Å². The van der Waals surface area contributed by atoms with Crippen molar-refractivity contribution in [3.63, 3.8) is 0 Å². The minimum atomic E-state index is -0.0752. The third-order valence-electron chi connectivity index (χ3n) is 12.9. The number of hydrogen-bond acceptors (Lipinski definition) is 1. The Morgan fingerprint density at radius 1 is 0.483 bits per heavy atom. The fourth-order valence-corrected chi connectivity index (χ4v) is 9.71. The van der Waals surface area contributed by atoms with Crippen LogP contribution >= 0.6 is 0 Å². The minimum Gasteiger partial charge on any atom is -0.375 e. The van der Waals surface area contributed by atoms with E-state index in [2.05, 4.69) is 218 Å². The first-order chi connectivity index (χ1) is 27.6. The average Bonchev–Trinajstić information content (AvgIpc) is 3.53. The van der Waals surface area contributed by atoms with E-state index in [1.54, 1.807) is 0 Å². The molecule has 58 heavy (non-hydrogen) atoms. The SMILES string of the molecule is Cc1ccccc1-c1c(-c2ccccc2)c2cc(C(C)(C)C)cc3c2n1B1c2cc4ccccc4cc2N(c2ccc(C(C)(C)C)cc2)c2cc(C(C)(C)C)cc-3c21. The van der Waals surface area contributed by atoms with E-state index in [4.69, 9.17) is 0 Å². The molecular weight excluding hydrogens is 699 g/mol. The van der Waals surface area contributed by atoms with Gasteiger partial charge in [0, 0.05) is 50.3 Å². The second-order valence-corrected chi connectivity index (χ2v) is 19.9. The zero-order valence-electron chi connectivity index (χ0n) is 35.8. The molecular formula is C55H53BN2. The third kappa shape index (κ3) is 5.53. The maximum atomic E-state index is 2.76. The number of nitrogens with zero attached hydrogens (tertiary/aromatic N) is 2. The highest BCUT2D eigenvalue weighted by atomic mass is 15.2. The molecule has 2 aliphatic rings. The van der Waals surface area contributed by atoms with Crippen LogP contribution in [-0.4, -0.2) is 11.3 Å². The van der Waals surface area contributed by atoms with Crippen molar-refractivity contribution in [1.82, 2.24) is 4.48 Å². The second-order valence-electron chi connectivity index (χ2n) is 19.9. The predicted octanol–water partition coefficient (Wildman–Crippen LogP) is 13.7. The van der Waals surface area contributed by atoms with Gasteiger partial charge in [-0.25, -0.2) is 0 Å². The van der Waals surface area contributed by atoms with Gasteiger partial charge in [-0.05, 0) is 115 Å². The molecule has 0 fully saturated rings. The Labute approximate surface area is 345 Å². The Hall–Kier alpha value is -5.80. The van der Waals surface area contributed by atoms with Crippen LogP contribution in [0.4, 0.5) is 17.1 Å². The molecule has 0 spiro atoms. The van der Waals surface area contributed by atoms with Crippen molar-refractivity contribution >= 4 is 56.5 Å². The smallest absolute Gasteiger partial charge is 0.333 e. The predicted molar refractivity (Wildman–Crippen MR) is 252 cm³/mol. The molecule has 3 heteroatoms. The molecule has 0 N–H and O–H groups in total. The van der Waals surface area contributed by atoms with E-state index in [0.29, 0.717) is 0 Å². The molecule has 1 aromatic heterocycles. The van der Waals surface area contributed by atoms with Crippen molar-refractivity contribution in [2.24, 2.45) is 0 Å². The van der Waals surface area contributed by atoms with Crippen molar-refractivity contribution < 1.29 is 0 Å². The lowest BCUT2D eigenvalue weighted by molar-refractivity contribution is 0.589. The van der Waals surface area contributed by atoms with Crippen LogP contribution in [0.5, 0.6) is 0 Å². The van der Waals surface area contributed by atoms with E-state index in [9.17, 15) is 0 Å². The van der Waals surface area contributed by atoms with Gasteiger partial charge in [-0.3, -0.25) is 0 Å². The summed E-state index contributed by atoms with van der Waals surface area (Å²) in [6, 6.07) is 53.5. The number of aryl methyl sites for hydroxylation is 1. The van der Waals surface area contributed by atoms with Gasteiger partial charge in [0.05, 0.1) is 0 Å². The van der Waals surface area contributed by atoms with Crippen LogP contribution in [0.25, 0.3) is 55.2 Å². The van der Waals surface area contributed by atoms with Gasteiger partial charge in [0.1, 0.15) is 0 Å². The molecule has 0 radical (unpaired) electrons. The van der Waals surface area contributed by atoms with E-state index in [0.717, 1.165) is 0 Å². The molecule has 10 rings (SSSR count). The summed E-state index contributed by atoms with van der Waals surface area (Å²) in [5.41, 5.74) is 20.7. The molecule has 286 valence electrons. The zero-order chi connectivity index (χ0) is 40.5. The molecule has 0 amide bonds. The number of aromatic nitrogens is 1. The standard InChI is InChI=1S/C55H53BN2/c1-34-18-14-17-23-42(34)52-49(35-19-12-11-13-20-35)45-32-39(54(5,6)7)31-44-43-30-40(55(8,9)10)33-48-50(43)56(58(52)51(44)45)46-28-36-21-15-16-22-37(36)29-47(46)57(48)41-26-24-38(25-27-41)53(2,3)4/h11-33H,1-10H3. The van der Waals surface area contributed by atoms with Crippen molar-refractivity contribution in [2.45, 2.75) is 85.5 Å². The summed E-state index contributed by atoms with van der Waals surface area (Å²) in [5.74, 6) is 0. The molecule has 2 nitrogen and oxygen atoms in total. The highest BCUT2D eigenvalue weighted by molar-refractivity contribution is 6.90. The second kappa shape index (κ2) is 12.6. The Bertz CT molecular complexity index is 2940. The lowest BCUT2D eigenvalue weighted by Crippen LogP contribution is -2.57. The van der Waals surface area contributed by atoms with Gasteiger partial charge in [-0.15, -0.1) is 0 Å². The van der Waals surface area contributed by atoms with E-state index in [-0.39, 0.29) is 23.1 Å². The van der Waals surface area contributed by atoms with Crippen LogP contribution < -0.4 is 15.8 Å². The van der Waals surface area contributed by atoms with Crippen molar-refractivity contribution in [3.8, 4) is 33.5 Å². The first-order valence-corrected chi connectivity index (χ1v) is 21.1. The molecule has 0 unspecified atom stereocenters. The lowest BCUT2D eigenvalue weighted by Gasteiger charge is -2.42. The van der Waals surface area contributed by atoms with Gasteiger partial charge in [0.2, 0.25) is 0 Å². The Morgan fingerprint density at radius 2 is 1.07 bits per heavy atom. The van der Waals surface area contributed by atoms with E-state index >= 15 is 0 Å². The minimum absolute atomic E-state index is 0.0572. The summed E-state index contributed by atoms with van der Waals surface area (Å²) in [6.07, 6.45) is 0. The lowest BCUT2D eigenvalue weighted by atomic mass is 9.44. The monoisotopic (exact) mass is 752 g/mol. The van der Waals surface area contributed by atoms with Crippen molar-refractivity contribution in [1.29, 1.82) is 0 Å². The fourth-order valence-electron chi connectivity index (χ4n) is 9.71. The Balaban J connectivity index is 1.44. The Morgan fingerprint density at radius 3 is 1.72 bits per heavy atom. The maximum Gasteiger partial charge on any atom is 0.333 e. The van der Waals surface area contributed by atoms with Crippen LogP contribution in [0.15, 0.2) is 140 Å². The van der Waals surface area contributed by atoms with Crippen LogP contribution in [0.1, 0.15) is 84.6 Å². The van der Waals surface area contributed by atoms with E-state index in [1.807, 2.05) is 0 Å². The molecule has 0 atom stereocenters. The number of fused-ring (bicyclic) bond motifs is 5. The zero-order valence-corrected chi connectivity index (χ0v) is 35.8. The van der Waals surface area contributed by atoms with Gasteiger partial charge in [-0.2, -0.15) is 0 Å². The van der Waals surface area contributed by atoms with Crippen LogP contribution in [0.3, 0.4) is 0 Å². The molecule has 2 aliphatic heterocycles. The topological polar surface area (TPSA) is 8.17 Å². The molecule has 0 saturated heterocycles. The third-order valence-corrected chi connectivity index (χ3v) is 12.9. The van der Waals surface area contributed by atoms with Gasteiger partial charge >= 0.3 is 6.85 Å². The molecule has 3 heterocycles. The first-order valence-electron chi connectivity index (χ1n) is 21.1. The largest absolute Gasteiger partial charge is 0.375 e. The van der Waals surface area contributed by atoms with Gasteiger partial charge in [-0.1, -0.05) is 165 Å². The summed E-state index contributed by atoms with van der Waals surface area (Å²) in [7, 11) is 0. The van der Waals surface area contributed by atoms with Gasteiger partial charge in [0.25, 0.3) is 0 Å². The molecule has 7 aromatic carbocycles. The summed E-state index contributed by atoms with van der Waals surface area (Å²) < 4.78 is 2.76. The van der Waals surface area contributed by atoms with Crippen LogP contribution in [0.2, 0.25) is 0 Å². The molecule has 0 bridgehead atoms. The normalized spacial score (nSPS) is 13.6. The van der Waals surface area contributed by atoms with Gasteiger partial charge < -0.3 is 9.38 Å². The van der Waals surface area contributed by atoms with Crippen LogP contribution in [-0.2, 0) is 16.2 Å². The summed E-state index contributed by atoms with van der Waals surface area (Å²) in [4.78, 5) is 2.59. The number of anilines is 3. The van der Waals surface area contributed by atoms with Crippen LogP contribution in [0, 0.1) is 6.92 Å². The number of hydrogen-bond donors (Lipinski definition) is 0. The molecule has 0 aliphatic carbocycles. The average molecular weight is 753 g/mol. The number of benzene rings is 7. The molecule has 8 aromatic rings. The Kier molecular flexibility index (Phi) is 7.94. The highest BCUT2D eigenvalue weighted by Gasteiger charge is 2.45. The summed E-state index contributed by atoms with van der Waals surface area (Å²) in [5, 5.41) is 3.84. The maximum absolute atomic E-state index is 2.76. The van der Waals surface area contributed by atoms with Crippen molar-refractivity contribution in [2.75, 3.05) is 4.90 Å². The van der Waals surface area contributed by atoms with Crippen molar-refractivity contribution in [3.05, 3.63) is 162 Å². The summed E-state index contributed by atoms with van der Waals surface area (Å²) in [6.45, 7) is 23.3.